The summed E-state index contributed by atoms with van der Waals surface area (Å²) in [7, 11) is 0. The number of benzene rings is 1. The maximum absolute atomic E-state index is 14.9. The van der Waals surface area contributed by atoms with Crippen LogP contribution in [0.2, 0.25) is 0 Å². The molecule has 1 saturated heterocycles. The Kier molecular flexibility index (Phi) is 3.96. The van der Waals surface area contributed by atoms with Crippen molar-refractivity contribution in [2.24, 2.45) is 0 Å². The van der Waals surface area contributed by atoms with Crippen LogP contribution < -0.4 is 15.6 Å². The quantitative estimate of drug-likeness (QED) is 0.660. The summed E-state index contributed by atoms with van der Waals surface area (Å²) in [6.07, 6.45) is 1.92. The zero-order valence-corrected chi connectivity index (χ0v) is 16.2. The molecule has 0 radical (unpaired) electrons. The number of anilines is 1. The van der Waals surface area contributed by atoms with Gasteiger partial charge >= 0.3 is 0 Å². The van der Waals surface area contributed by atoms with E-state index in [0.717, 1.165) is 37.3 Å². The third kappa shape index (κ3) is 2.55. The second-order valence-corrected chi connectivity index (χ2v) is 8.50. The fourth-order valence-corrected chi connectivity index (χ4v) is 5.22. The zero-order valence-electron chi connectivity index (χ0n) is 15.4. The van der Waals surface area contributed by atoms with Gasteiger partial charge in [0.1, 0.15) is 20.9 Å². The van der Waals surface area contributed by atoms with E-state index >= 15 is 0 Å². The number of aromatic nitrogens is 1. The Labute approximate surface area is 164 Å². The van der Waals surface area contributed by atoms with E-state index < -0.39 is 11.2 Å². The summed E-state index contributed by atoms with van der Waals surface area (Å²) >= 11 is 1.15. The van der Waals surface area contributed by atoms with Crippen LogP contribution >= 0.6 is 11.3 Å². The number of fused-ring (bicyclic) bond motifs is 2. The molecule has 0 spiro atoms. The molecule has 1 aliphatic heterocycles. The second kappa shape index (κ2) is 6.28. The minimum atomic E-state index is -0.435. The first-order valence-corrected chi connectivity index (χ1v) is 10.3. The van der Waals surface area contributed by atoms with Crippen LogP contribution in [0.5, 0.6) is 5.75 Å². The van der Waals surface area contributed by atoms with Crippen LogP contribution in [-0.2, 0) is 0 Å². The summed E-state index contributed by atoms with van der Waals surface area (Å²) in [5.74, 6) is -0.993. The van der Waals surface area contributed by atoms with E-state index in [2.05, 4.69) is 5.32 Å². The molecule has 1 saturated carbocycles. The van der Waals surface area contributed by atoms with Gasteiger partial charge in [-0.25, -0.2) is 4.39 Å². The van der Waals surface area contributed by atoms with E-state index in [4.69, 9.17) is 0 Å². The van der Waals surface area contributed by atoms with Crippen molar-refractivity contribution in [1.82, 2.24) is 9.88 Å². The molecule has 2 fully saturated rings. The molecule has 146 valence electrons. The number of thiophene rings is 1. The molecule has 2 N–H and O–H groups in total. The molecule has 2 aromatic heterocycles. The molecule has 0 unspecified atom stereocenters. The number of hydrogen-bond acceptors (Lipinski definition) is 6. The maximum Gasteiger partial charge on any atom is 0.201 e. The molecule has 1 aliphatic carbocycles. The number of carbonyl (C=O) groups is 1. The number of hydrogen-bond donors (Lipinski definition) is 2. The van der Waals surface area contributed by atoms with E-state index in [9.17, 15) is 19.1 Å². The molecule has 8 heteroatoms. The molecular weight excluding hydrogens is 381 g/mol. The van der Waals surface area contributed by atoms with Crippen LogP contribution in [0.15, 0.2) is 16.9 Å². The number of pyridine rings is 1. The Morgan fingerprint density at radius 2 is 2.00 bits per heavy atom. The predicted molar refractivity (Wildman–Crippen MR) is 109 cm³/mol. The number of piperazine rings is 1. The molecule has 6 nitrogen and oxygen atoms in total. The third-order valence-electron chi connectivity index (χ3n) is 5.57. The smallest absolute Gasteiger partial charge is 0.201 e. The van der Waals surface area contributed by atoms with Crippen LogP contribution in [-0.4, -0.2) is 41.6 Å². The van der Waals surface area contributed by atoms with Crippen molar-refractivity contribution < 1.29 is 14.3 Å². The maximum atomic E-state index is 14.9. The molecular formula is C20H20FN3O3S. The summed E-state index contributed by atoms with van der Waals surface area (Å²) in [5.41, 5.74) is 0.745. The standard InChI is InChI=1S/C20H20FN3O3S/c1-10(25)19-18(27)16-17(26)12-8-13(21)15(23-6-4-22-5-7-23)9-14(12)24(11-2-3-11)20(16)28-19/h8-9,11,22,27H,2-7H2,1H3. The lowest BCUT2D eigenvalue weighted by atomic mass is 10.1. The molecule has 3 aromatic rings. The molecule has 5 rings (SSSR count). The number of rotatable bonds is 3. The SMILES string of the molecule is CC(=O)c1sc2c(c1O)c(=O)c1cc(F)c(N3CCNCC3)cc1n2C1CC1. The highest BCUT2D eigenvalue weighted by Crippen LogP contribution is 2.45. The van der Waals surface area contributed by atoms with Crippen molar-refractivity contribution in [2.45, 2.75) is 25.8 Å². The first kappa shape index (κ1) is 17.6. The van der Waals surface area contributed by atoms with Gasteiger partial charge in [0.05, 0.1) is 11.2 Å². The van der Waals surface area contributed by atoms with Gasteiger partial charge in [0.2, 0.25) is 5.43 Å². The normalized spacial score (nSPS) is 17.6. The van der Waals surface area contributed by atoms with Gasteiger partial charge in [-0.15, -0.1) is 11.3 Å². The van der Waals surface area contributed by atoms with Gasteiger partial charge in [-0.1, -0.05) is 0 Å². The Morgan fingerprint density at radius 1 is 1.29 bits per heavy atom. The van der Waals surface area contributed by atoms with E-state index in [1.54, 1.807) is 6.07 Å². The fraction of sp³-hybridized carbons (Fsp3) is 0.400. The summed E-state index contributed by atoms with van der Waals surface area (Å²) in [6, 6.07) is 3.25. The Morgan fingerprint density at radius 3 is 2.64 bits per heavy atom. The average molecular weight is 401 g/mol. The monoisotopic (exact) mass is 401 g/mol. The van der Waals surface area contributed by atoms with E-state index in [1.165, 1.54) is 13.0 Å². The lowest BCUT2D eigenvalue weighted by molar-refractivity contribution is 0.101. The van der Waals surface area contributed by atoms with Gasteiger partial charge in [-0.3, -0.25) is 9.59 Å². The van der Waals surface area contributed by atoms with Gasteiger partial charge in [-0.2, -0.15) is 0 Å². The van der Waals surface area contributed by atoms with Crippen LogP contribution in [0.1, 0.15) is 35.5 Å². The van der Waals surface area contributed by atoms with Crippen LogP contribution in [0, 0.1) is 5.82 Å². The summed E-state index contributed by atoms with van der Waals surface area (Å²) in [5, 5.41) is 14.2. The van der Waals surface area contributed by atoms with Crippen LogP contribution in [0.4, 0.5) is 10.1 Å². The third-order valence-corrected chi connectivity index (χ3v) is 6.85. The van der Waals surface area contributed by atoms with Crippen molar-refractivity contribution in [3.63, 3.8) is 0 Å². The topological polar surface area (TPSA) is 74.6 Å². The van der Waals surface area contributed by atoms with E-state index in [1.807, 2.05) is 9.47 Å². The Balaban J connectivity index is 1.86. The van der Waals surface area contributed by atoms with Gasteiger partial charge in [-0.05, 0) is 25.0 Å². The number of carbonyl (C=O) groups excluding carboxylic acids is 1. The van der Waals surface area contributed by atoms with Crippen molar-refractivity contribution in [3.8, 4) is 5.75 Å². The van der Waals surface area contributed by atoms with Gasteiger partial charge in [0.15, 0.2) is 11.5 Å². The lowest BCUT2D eigenvalue weighted by Gasteiger charge is -2.30. The minimum absolute atomic E-state index is 0.129. The number of nitrogens with one attached hydrogen (secondary N) is 1. The first-order chi connectivity index (χ1) is 13.5. The van der Waals surface area contributed by atoms with Crippen LogP contribution in [0.3, 0.4) is 0 Å². The number of nitrogens with zero attached hydrogens (tertiary/aromatic N) is 2. The van der Waals surface area contributed by atoms with Gasteiger partial charge in [0.25, 0.3) is 0 Å². The first-order valence-electron chi connectivity index (χ1n) is 9.47. The molecule has 28 heavy (non-hydrogen) atoms. The highest BCUT2D eigenvalue weighted by molar-refractivity contribution is 7.21. The van der Waals surface area contributed by atoms with Crippen molar-refractivity contribution in [3.05, 3.63) is 33.1 Å². The van der Waals surface area contributed by atoms with Crippen molar-refractivity contribution in [2.75, 3.05) is 31.1 Å². The summed E-state index contributed by atoms with van der Waals surface area (Å²) in [6.45, 7) is 4.34. The van der Waals surface area contributed by atoms with E-state index in [-0.39, 0.29) is 33.2 Å². The molecule has 0 amide bonds. The van der Waals surface area contributed by atoms with Gasteiger partial charge < -0.3 is 19.9 Å². The second-order valence-electron chi connectivity index (χ2n) is 7.50. The number of halogens is 1. The largest absolute Gasteiger partial charge is 0.505 e. The highest BCUT2D eigenvalue weighted by atomic mass is 32.1. The summed E-state index contributed by atoms with van der Waals surface area (Å²) < 4.78 is 17.0. The van der Waals surface area contributed by atoms with Gasteiger partial charge in [0, 0.05) is 44.5 Å². The molecule has 0 bridgehead atoms. The number of ketones is 1. The average Bonchev–Trinajstić information content (AvgIpc) is 3.45. The van der Waals surface area contributed by atoms with Crippen molar-refractivity contribution in [1.29, 1.82) is 0 Å². The van der Waals surface area contributed by atoms with Crippen LogP contribution in [0.25, 0.3) is 21.1 Å². The molecule has 0 atom stereocenters. The molecule has 3 heterocycles. The number of Topliss-reactive ketones (excluding diaryl/α,β-unsaturated/α-hetero) is 1. The zero-order chi connectivity index (χ0) is 19.6. The predicted octanol–water partition coefficient (Wildman–Crippen LogP) is 3.01. The molecule has 1 aromatic carbocycles. The minimum Gasteiger partial charge on any atom is -0.505 e. The van der Waals surface area contributed by atoms with Crippen molar-refractivity contribution >= 4 is 43.9 Å². The Hall–Kier alpha value is -2.45. The summed E-state index contributed by atoms with van der Waals surface area (Å²) in [4.78, 5) is 27.8. The highest BCUT2D eigenvalue weighted by Gasteiger charge is 2.31. The van der Waals surface area contributed by atoms with E-state index in [0.29, 0.717) is 29.1 Å². The number of aromatic hydroxyl groups is 1. The lowest BCUT2D eigenvalue weighted by Crippen LogP contribution is -2.43. The molecule has 2 aliphatic rings. The Bertz CT molecular complexity index is 1190. The fourth-order valence-electron chi connectivity index (χ4n) is 4.04.